The zero-order valence-electron chi connectivity index (χ0n) is 29.8. The first-order valence-corrected chi connectivity index (χ1v) is 15.7. The van der Waals surface area contributed by atoms with E-state index in [1.54, 1.807) is 0 Å². The van der Waals surface area contributed by atoms with Gasteiger partial charge in [0.25, 0.3) is 0 Å². The fourth-order valence-electron chi connectivity index (χ4n) is 4.92. The Morgan fingerprint density at radius 1 is 0.533 bits per heavy atom. The molecule has 2 unspecified atom stereocenters. The van der Waals surface area contributed by atoms with E-state index in [0.717, 1.165) is 13.7 Å². The largest absolute Gasteiger partial charge is 0.464 e. The van der Waals surface area contributed by atoms with Gasteiger partial charge in [-0.1, -0.05) is 83.1 Å². The summed E-state index contributed by atoms with van der Waals surface area (Å²) in [5, 5.41) is 0. The minimum absolute atomic E-state index is 0.137. The average Bonchev–Trinajstić information content (AvgIpc) is 2.84. The summed E-state index contributed by atoms with van der Waals surface area (Å²) < 4.78 is 18.4. The molecule has 258 valence electrons. The second-order valence-corrected chi connectivity index (χ2v) is 16.3. The Morgan fingerprint density at radius 3 is 1.02 bits per heavy atom. The third-order valence-corrected chi connectivity index (χ3v) is 7.42. The summed E-state index contributed by atoms with van der Waals surface area (Å²) >= 11 is 0. The third-order valence-electron chi connectivity index (χ3n) is 7.42. The van der Waals surface area contributed by atoms with Crippen LogP contribution in [0.1, 0.15) is 103 Å². The van der Waals surface area contributed by atoms with Gasteiger partial charge in [0.2, 0.25) is 0 Å². The average molecular weight is 640 g/mol. The molecule has 0 aliphatic rings. The second-order valence-electron chi connectivity index (χ2n) is 16.3. The van der Waals surface area contributed by atoms with Crippen LogP contribution in [0.4, 0.5) is 0 Å². The number of nitrogens with zero attached hydrogens (tertiary/aromatic N) is 3. The molecule has 12 heteroatoms. The highest BCUT2D eigenvalue weighted by Crippen LogP contribution is 2.37. The summed E-state index contributed by atoms with van der Waals surface area (Å²) in [6, 6.07) is 0. The molecule has 0 N–H and O–H groups in total. The van der Waals surface area contributed by atoms with Crippen molar-refractivity contribution >= 4 is 17.9 Å². The maximum absolute atomic E-state index is 13.4. The van der Waals surface area contributed by atoms with Crippen LogP contribution in [0.25, 0.3) is 0 Å². The van der Waals surface area contributed by atoms with Crippen LogP contribution in [-0.2, 0) is 48.2 Å². The smallest absolute Gasteiger partial charge is 0.336 e. The van der Waals surface area contributed by atoms with Crippen molar-refractivity contribution in [3.63, 3.8) is 0 Å². The molecule has 2 atom stereocenters. The fourth-order valence-corrected chi connectivity index (χ4v) is 4.92. The van der Waals surface area contributed by atoms with Gasteiger partial charge in [0.05, 0.1) is 31.5 Å². The Hall–Kier alpha value is -3.18. The Labute approximate surface area is 267 Å². The maximum atomic E-state index is 13.4. The quantitative estimate of drug-likeness (QED) is 0.231. The molecule has 1 rings (SSSR count). The van der Waals surface area contributed by atoms with Gasteiger partial charge >= 0.3 is 35.0 Å². The SMILES string of the molecule is CC(=O)OCCn1c(=O)n(CCOC(=O)C(CC(C)(C)C)C(C)(C)C)c(=O)n(CCOC(=O)C(CC(C)(C)C)C(C)(C)C)c1=O. The van der Waals surface area contributed by atoms with Crippen molar-refractivity contribution in [2.24, 2.45) is 33.5 Å². The number of esters is 3. The lowest BCUT2D eigenvalue weighted by Gasteiger charge is -2.33. The van der Waals surface area contributed by atoms with E-state index in [4.69, 9.17) is 14.2 Å². The van der Waals surface area contributed by atoms with Crippen molar-refractivity contribution in [1.29, 1.82) is 0 Å². The number of rotatable bonds is 13. The topological polar surface area (TPSA) is 145 Å². The number of carbonyl (C=O) groups is 3. The van der Waals surface area contributed by atoms with Crippen LogP contribution in [-0.4, -0.2) is 51.4 Å². The predicted molar refractivity (Wildman–Crippen MR) is 172 cm³/mol. The molecule has 0 radical (unpaired) electrons. The lowest BCUT2D eigenvalue weighted by Crippen LogP contribution is -2.55. The van der Waals surface area contributed by atoms with Gasteiger partial charge in [-0.25, -0.2) is 28.1 Å². The lowest BCUT2D eigenvalue weighted by atomic mass is 9.72. The summed E-state index contributed by atoms with van der Waals surface area (Å²) in [6.45, 7) is 23.4. The van der Waals surface area contributed by atoms with E-state index >= 15 is 0 Å². The molecule has 1 aromatic rings. The molecule has 45 heavy (non-hydrogen) atoms. The monoisotopic (exact) mass is 639 g/mol. The van der Waals surface area contributed by atoms with Crippen LogP contribution >= 0.6 is 0 Å². The summed E-state index contributed by atoms with van der Waals surface area (Å²) in [5.41, 5.74) is -3.82. The van der Waals surface area contributed by atoms with Crippen molar-refractivity contribution in [2.75, 3.05) is 19.8 Å². The molecule has 0 aliphatic carbocycles. The number of ether oxygens (including phenoxy) is 3. The Bertz CT molecular complexity index is 1270. The van der Waals surface area contributed by atoms with Crippen LogP contribution in [0.2, 0.25) is 0 Å². The first kappa shape index (κ1) is 39.8. The lowest BCUT2D eigenvalue weighted by molar-refractivity contribution is -0.155. The van der Waals surface area contributed by atoms with Gasteiger partial charge in [-0.3, -0.25) is 14.4 Å². The van der Waals surface area contributed by atoms with Crippen LogP contribution in [0.15, 0.2) is 14.4 Å². The molecule has 0 aromatic carbocycles. The Kier molecular flexibility index (Phi) is 13.6. The van der Waals surface area contributed by atoms with Gasteiger partial charge in [-0.2, -0.15) is 0 Å². The Morgan fingerprint density at radius 2 is 0.800 bits per heavy atom. The molecule has 0 bridgehead atoms. The summed E-state index contributed by atoms with van der Waals surface area (Å²) in [5.74, 6) is -2.32. The molecule has 12 nitrogen and oxygen atoms in total. The number of hydrogen-bond acceptors (Lipinski definition) is 9. The highest BCUT2D eigenvalue weighted by atomic mass is 16.5. The molecule has 0 spiro atoms. The first-order valence-electron chi connectivity index (χ1n) is 15.7. The molecular weight excluding hydrogens is 582 g/mol. The van der Waals surface area contributed by atoms with Crippen molar-refractivity contribution in [1.82, 2.24) is 13.7 Å². The minimum Gasteiger partial charge on any atom is -0.464 e. The van der Waals surface area contributed by atoms with E-state index in [-0.39, 0.29) is 61.1 Å². The van der Waals surface area contributed by atoms with Gasteiger partial charge in [0.15, 0.2) is 0 Å². The highest BCUT2D eigenvalue weighted by molar-refractivity contribution is 5.73. The molecule has 1 heterocycles. The zero-order valence-corrected chi connectivity index (χ0v) is 29.8. The van der Waals surface area contributed by atoms with Gasteiger partial charge in [0.1, 0.15) is 19.8 Å². The van der Waals surface area contributed by atoms with E-state index < -0.39 is 46.8 Å². The fraction of sp³-hybridized carbons (Fsp3) is 0.818. The van der Waals surface area contributed by atoms with Gasteiger partial charge < -0.3 is 14.2 Å². The van der Waals surface area contributed by atoms with Crippen LogP contribution in [0.5, 0.6) is 0 Å². The van der Waals surface area contributed by atoms with Crippen LogP contribution in [0, 0.1) is 33.5 Å². The molecule has 0 aliphatic heterocycles. The van der Waals surface area contributed by atoms with Crippen molar-refractivity contribution < 1.29 is 28.6 Å². The van der Waals surface area contributed by atoms with Gasteiger partial charge in [0, 0.05) is 6.92 Å². The first-order chi connectivity index (χ1) is 20.3. The number of hydrogen-bond donors (Lipinski definition) is 0. The highest BCUT2D eigenvalue weighted by Gasteiger charge is 2.37. The summed E-state index contributed by atoms with van der Waals surface area (Å²) in [6.07, 6.45) is 1.15. The second kappa shape index (κ2) is 15.4. The number of carbonyl (C=O) groups excluding carboxylic acids is 3. The number of aromatic nitrogens is 3. The summed E-state index contributed by atoms with van der Waals surface area (Å²) in [7, 11) is 0. The van der Waals surface area contributed by atoms with E-state index in [0.29, 0.717) is 12.8 Å². The van der Waals surface area contributed by atoms with E-state index in [1.807, 2.05) is 83.1 Å². The van der Waals surface area contributed by atoms with Crippen molar-refractivity contribution in [3.8, 4) is 0 Å². The van der Waals surface area contributed by atoms with E-state index in [1.165, 1.54) is 6.92 Å². The predicted octanol–water partition coefficient (Wildman–Crippen LogP) is 4.02. The normalized spacial score (nSPS) is 14.1. The molecule has 0 amide bonds. The molecule has 0 saturated carbocycles. The van der Waals surface area contributed by atoms with E-state index in [2.05, 4.69) is 0 Å². The molecule has 0 saturated heterocycles. The zero-order chi connectivity index (χ0) is 35.1. The standard InChI is InChI=1S/C33H57N3O9/c1-22(37)43-17-14-34-27(40)35(15-18-44-25(38)23(32(8,9)10)20-30(2,3)4)29(42)36(28(34)41)16-19-45-26(39)24(33(11,12)13)21-31(5,6)7/h23-24H,14-21H2,1-13H3. The van der Waals surface area contributed by atoms with Crippen molar-refractivity contribution in [3.05, 3.63) is 31.5 Å². The van der Waals surface area contributed by atoms with Gasteiger partial charge in [-0.05, 0) is 34.5 Å². The minimum atomic E-state index is -0.929. The molecule has 1 aromatic heterocycles. The third kappa shape index (κ3) is 13.0. The van der Waals surface area contributed by atoms with E-state index in [9.17, 15) is 28.8 Å². The summed E-state index contributed by atoms with van der Waals surface area (Å²) in [4.78, 5) is 77.4. The van der Waals surface area contributed by atoms with Crippen LogP contribution < -0.4 is 17.1 Å². The van der Waals surface area contributed by atoms with Gasteiger partial charge in [-0.15, -0.1) is 0 Å². The van der Waals surface area contributed by atoms with Crippen LogP contribution in [0.3, 0.4) is 0 Å². The molecular formula is C33H57N3O9. The maximum Gasteiger partial charge on any atom is 0.336 e. The Balaban J connectivity index is 3.32. The van der Waals surface area contributed by atoms with Crippen molar-refractivity contribution in [2.45, 2.75) is 122 Å². The molecule has 0 fully saturated rings.